The van der Waals surface area contributed by atoms with E-state index in [0.29, 0.717) is 49.5 Å². The highest BCUT2D eigenvalue weighted by Gasteiger charge is 2.34. The minimum Gasteiger partial charge on any atom is -0.461 e. The number of rotatable bonds is 10. The number of anilines is 1. The fourth-order valence-corrected chi connectivity index (χ4v) is 5.86. The lowest BCUT2D eigenvalue weighted by atomic mass is 10.0. The molecular formula is C36H37N5O5. The molecule has 2 N–H and O–H groups in total. The number of fused-ring (bicyclic) bond motifs is 1. The predicted octanol–water partition coefficient (Wildman–Crippen LogP) is 4.67. The quantitative estimate of drug-likeness (QED) is 0.151. The largest absolute Gasteiger partial charge is 0.461 e. The van der Waals surface area contributed by atoms with Gasteiger partial charge in [0, 0.05) is 56.1 Å². The van der Waals surface area contributed by atoms with Crippen molar-refractivity contribution in [1.29, 1.82) is 5.41 Å². The van der Waals surface area contributed by atoms with Crippen LogP contribution in [0.2, 0.25) is 0 Å². The summed E-state index contributed by atoms with van der Waals surface area (Å²) in [6.07, 6.45) is -0.300. The van der Waals surface area contributed by atoms with Crippen molar-refractivity contribution >= 4 is 40.3 Å². The third kappa shape index (κ3) is 7.59. The van der Waals surface area contributed by atoms with E-state index in [2.05, 4.69) is 15.1 Å². The summed E-state index contributed by atoms with van der Waals surface area (Å²) >= 11 is 0. The molecule has 10 nitrogen and oxygen atoms in total. The molecule has 0 aliphatic carbocycles. The third-order valence-electron chi connectivity index (χ3n) is 8.42. The van der Waals surface area contributed by atoms with E-state index < -0.39 is 6.09 Å². The Balaban J connectivity index is 0.937. The Bertz CT molecular complexity index is 1700. The fourth-order valence-electron chi connectivity index (χ4n) is 5.86. The molecule has 0 spiro atoms. The van der Waals surface area contributed by atoms with Gasteiger partial charge in [-0.05, 0) is 46.7 Å². The number of amidine groups is 1. The number of nitrogens with one attached hydrogen (secondary N) is 2. The number of esters is 1. The number of hydrogen-bond acceptors (Lipinski definition) is 8. The number of benzene rings is 4. The number of nitrogens with zero attached hydrogens (tertiary/aromatic N) is 3. The number of carbonyl (C=O) groups excluding carboxylic acids is 3. The van der Waals surface area contributed by atoms with Crippen molar-refractivity contribution < 1.29 is 23.9 Å². The molecule has 2 heterocycles. The van der Waals surface area contributed by atoms with Crippen LogP contribution in [-0.4, -0.2) is 85.5 Å². The number of amides is 2. The summed E-state index contributed by atoms with van der Waals surface area (Å²) in [6, 6.07) is 29.8. The minimum absolute atomic E-state index is 0.0189. The summed E-state index contributed by atoms with van der Waals surface area (Å²) in [6.45, 7) is 5.35. The molecule has 4 aromatic rings. The highest BCUT2D eigenvalue weighted by atomic mass is 16.6. The third-order valence-corrected chi connectivity index (χ3v) is 8.42. The normalized spacial score (nSPS) is 17.1. The summed E-state index contributed by atoms with van der Waals surface area (Å²) in [5, 5.41) is 12.9. The van der Waals surface area contributed by atoms with Gasteiger partial charge in [-0.15, -0.1) is 0 Å². The summed E-state index contributed by atoms with van der Waals surface area (Å²) in [5.74, 6) is -0.562. The van der Waals surface area contributed by atoms with E-state index >= 15 is 0 Å². The van der Waals surface area contributed by atoms with Crippen molar-refractivity contribution in [2.24, 2.45) is 0 Å². The standard InChI is InChI=1S/C36H37N5O5/c37-34(38-35(43)32-12-6-10-27-9-4-5-11-31(27)32)28-13-15-29(16-14-28)41-24-30(46-36(41)44)23-40-21-19-39(20-22-40)18-17-33(42)45-25-26-7-2-1-3-8-26/h1-16,30H,17-25H2,(H2,37,38,43). The fraction of sp³-hybridized carbons (Fsp3) is 0.278. The molecule has 2 amide bonds. The van der Waals surface area contributed by atoms with Crippen LogP contribution in [-0.2, 0) is 20.9 Å². The van der Waals surface area contributed by atoms with Gasteiger partial charge in [-0.1, -0.05) is 66.7 Å². The van der Waals surface area contributed by atoms with Crippen LogP contribution in [0.5, 0.6) is 0 Å². The lowest BCUT2D eigenvalue weighted by molar-refractivity contribution is -0.145. The first-order chi connectivity index (χ1) is 22.4. The number of hydrogen-bond donors (Lipinski definition) is 2. The smallest absolute Gasteiger partial charge is 0.414 e. The lowest BCUT2D eigenvalue weighted by Crippen LogP contribution is -2.49. The zero-order valence-electron chi connectivity index (χ0n) is 25.6. The maximum atomic E-state index is 13.0. The van der Waals surface area contributed by atoms with Gasteiger partial charge >= 0.3 is 12.1 Å². The van der Waals surface area contributed by atoms with Crippen LogP contribution in [0.25, 0.3) is 10.8 Å². The molecule has 2 fully saturated rings. The predicted molar refractivity (Wildman–Crippen MR) is 176 cm³/mol. The Morgan fingerprint density at radius 2 is 1.54 bits per heavy atom. The molecule has 2 aliphatic heterocycles. The van der Waals surface area contributed by atoms with Gasteiger partial charge in [0.15, 0.2) is 0 Å². The maximum absolute atomic E-state index is 13.0. The van der Waals surface area contributed by atoms with Gasteiger partial charge in [0.25, 0.3) is 5.91 Å². The molecule has 0 aromatic heterocycles. The second kappa shape index (κ2) is 14.4. The average Bonchev–Trinajstić information content (AvgIpc) is 3.46. The van der Waals surface area contributed by atoms with E-state index in [9.17, 15) is 14.4 Å². The van der Waals surface area contributed by atoms with Crippen molar-refractivity contribution in [3.8, 4) is 0 Å². The van der Waals surface area contributed by atoms with Gasteiger partial charge in [-0.2, -0.15) is 0 Å². The Morgan fingerprint density at radius 1 is 0.848 bits per heavy atom. The first-order valence-corrected chi connectivity index (χ1v) is 15.5. The molecule has 4 aromatic carbocycles. The van der Waals surface area contributed by atoms with E-state index in [1.807, 2.05) is 66.7 Å². The van der Waals surface area contributed by atoms with Gasteiger partial charge < -0.3 is 19.7 Å². The molecule has 1 atom stereocenters. The van der Waals surface area contributed by atoms with Gasteiger partial charge in [-0.25, -0.2) is 4.79 Å². The van der Waals surface area contributed by atoms with Gasteiger partial charge in [0.2, 0.25) is 0 Å². The van der Waals surface area contributed by atoms with Crippen molar-refractivity contribution in [1.82, 2.24) is 15.1 Å². The molecule has 6 rings (SSSR count). The minimum atomic E-state index is -0.398. The van der Waals surface area contributed by atoms with Crippen molar-refractivity contribution in [3.63, 3.8) is 0 Å². The number of ether oxygens (including phenoxy) is 2. The van der Waals surface area contributed by atoms with Gasteiger partial charge in [0.1, 0.15) is 18.5 Å². The van der Waals surface area contributed by atoms with Crippen LogP contribution in [0, 0.1) is 5.41 Å². The van der Waals surface area contributed by atoms with Crippen molar-refractivity contribution in [2.75, 3.05) is 50.7 Å². The molecule has 0 bridgehead atoms. The Hall–Kier alpha value is -5.06. The molecule has 236 valence electrons. The summed E-state index contributed by atoms with van der Waals surface area (Å²) < 4.78 is 11.1. The second-order valence-corrected chi connectivity index (χ2v) is 11.6. The first kappa shape index (κ1) is 30.9. The topological polar surface area (TPSA) is 115 Å². The van der Waals surface area contributed by atoms with E-state index in [1.165, 1.54) is 0 Å². The highest BCUT2D eigenvalue weighted by Crippen LogP contribution is 2.23. The van der Waals surface area contributed by atoms with E-state index in [4.69, 9.17) is 14.9 Å². The molecular weight excluding hydrogens is 582 g/mol. The van der Waals surface area contributed by atoms with Crippen LogP contribution < -0.4 is 10.2 Å². The van der Waals surface area contributed by atoms with E-state index in [1.54, 1.807) is 35.2 Å². The van der Waals surface area contributed by atoms with Crippen LogP contribution in [0.15, 0.2) is 97.1 Å². The molecule has 0 saturated carbocycles. The first-order valence-electron chi connectivity index (χ1n) is 15.5. The monoisotopic (exact) mass is 619 g/mol. The van der Waals surface area contributed by atoms with Gasteiger partial charge in [-0.3, -0.25) is 24.8 Å². The average molecular weight is 620 g/mol. The van der Waals surface area contributed by atoms with Crippen LogP contribution in [0.1, 0.15) is 27.9 Å². The second-order valence-electron chi connectivity index (χ2n) is 11.6. The molecule has 2 aliphatic rings. The van der Waals surface area contributed by atoms with Gasteiger partial charge in [0.05, 0.1) is 13.0 Å². The maximum Gasteiger partial charge on any atom is 0.414 e. The lowest BCUT2D eigenvalue weighted by Gasteiger charge is -2.35. The highest BCUT2D eigenvalue weighted by molar-refractivity contribution is 6.16. The summed E-state index contributed by atoms with van der Waals surface area (Å²) in [7, 11) is 0. The van der Waals surface area contributed by atoms with Crippen LogP contribution >= 0.6 is 0 Å². The Morgan fingerprint density at radius 3 is 2.33 bits per heavy atom. The van der Waals surface area contributed by atoms with E-state index in [-0.39, 0.29) is 23.8 Å². The summed E-state index contributed by atoms with van der Waals surface area (Å²) in [4.78, 5) is 44.0. The molecule has 46 heavy (non-hydrogen) atoms. The number of piperazine rings is 1. The van der Waals surface area contributed by atoms with Crippen molar-refractivity contribution in [3.05, 3.63) is 114 Å². The number of carbonyl (C=O) groups is 3. The summed E-state index contributed by atoms with van der Waals surface area (Å²) in [5.41, 5.74) is 2.69. The molecule has 1 unspecified atom stereocenters. The van der Waals surface area contributed by atoms with E-state index in [0.717, 1.165) is 42.5 Å². The van der Waals surface area contributed by atoms with Crippen molar-refractivity contribution in [2.45, 2.75) is 19.1 Å². The SMILES string of the molecule is N=C(NC(=O)c1cccc2ccccc12)c1ccc(N2CC(CN3CCN(CCC(=O)OCc4ccccc4)CC3)OC2=O)cc1. The Labute approximate surface area is 268 Å². The zero-order valence-corrected chi connectivity index (χ0v) is 25.6. The number of cyclic esters (lactones) is 1. The molecule has 2 saturated heterocycles. The zero-order chi connectivity index (χ0) is 31.9. The molecule has 10 heteroatoms. The van der Waals surface area contributed by atoms with Crippen LogP contribution in [0.4, 0.5) is 10.5 Å². The van der Waals surface area contributed by atoms with Crippen LogP contribution in [0.3, 0.4) is 0 Å². The Kier molecular flexibility index (Phi) is 9.66. The molecule has 0 radical (unpaired) electrons.